The molecule has 13 heavy (non-hydrogen) atoms. The van der Waals surface area contributed by atoms with Gasteiger partial charge < -0.3 is 14.6 Å². The molecule has 1 atom stereocenters. The summed E-state index contributed by atoms with van der Waals surface area (Å²) >= 11 is 0. The Balaban J connectivity index is 2.23. The molecule has 0 aromatic heterocycles. The van der Waals surface area contributed by atoms with Crippen LogP contribution in [0.1, 0.15) is 19.8 Å². The van der Waals surface area contributed by atoms with Gasteiger partial charge in [-0.1, -0.05) is 19.8 Å². The fraction of sp³-hybridized carbons (Fsp3) is 0.875. The van der Waals surface area contributed by atoms with E-state index in [0.29, 0.717) is 6.61 Å². The standard InChI is InChI=1S/C8H16BNO3/c1-3-4-5-9-10-7(6-13-9)8(11)12-2/h7,10H,3-6H2,1-2H3. The molecule has 74 valence electrons. The van der Waals surface area contributed by atoms with E-state index in [-0.39, 0.29) is 19.1 Å². The van der Waals surface area contributed by atoms with Crippen molar-refractivity contribution < 1.29 is 14.2 Å². The van der Waals surface area contributed by atoms with Crippen LogP contribution in [0, 0.1) is 0 Å². The molecule has 1 N–H and O–H groups in total. The summed E-state index contributed by atoms with van der Waals surface area (Å²) in [6.07, 6.45) is 3.22. The van der Waals surface area contributed by atoms with Crippen LogP contribution in [-0.4, -0.2) is 32.8 Å². The van der Waals surface area contributed by atoms with Gasteiger partial charge in [-0.25, -0.2) is 0 Å². The highest BCUT2D eigenvalue weighted by Gasteiger charge is 2.33. The second-order valence-corrected chi connectivity index (χ2v) is 3.21. The number of unbranched alkanes of at least 4 members (excludes halogenated alkanes) is 1. The maximum Gasteiger partial charge on any atom is 0.380 e. The SMILES string of the molecule is CCCCB1NC(C(=O)OC)CO1. The zero-order valence-corrected chi connectivity index (χ0v) is 8.21. The van der Waals surface area contributed by atoms with Crippen LogP contribution in [0.5, 0.6) is 0 Å². The van der Waals surface area contributed by atoms with Crippen molar-refractivity contribution >= 4 is 13.0 Å². The van der Waals surface area contributed by atoms with E-state index in [1.807, 2.05) is 0 Å². The molecule has 0 saturated carbocycles. The molecule has 0 amide bonds. The van der Waals surface area contributed by atoms with E-state index >= 15 is 0 Å². The van der Waals surface area contributed by atoms with Gasteiger partial charge in [-0.3, -0.25) is 4.79 Å². The molecule has 0 aromatic rings. The number of esters is 1. The highest BCUT2D eigenvalue weighted by atomic mass is 16.5. The number of nitrogens with one attached hydrogen (secondary N) is 1. The molecular formula is C8H16BNO3. The van der Waals surface area contributed by atoms with Crippen LogP contribution >= 0.6 is 0 Å². The van der Waals surface area contributed by atoms with Crippen molar-refractivity contribution in [3.05, 3.63) is 0 Å². The fourth-order valence-corrected chi connectivity index (χ4v) is 1.37. The van der Waals surface area contributed by atoms with Crippen LogP contribution in [0.3, 0.4) is 0 Å². The lowest BCUT2D eigenvalue weighted by Crippen LogP contribution is -2.39. The van der Waals surface area contributed by atoms with E-state index in [0.717, 1.165) is 19.2 Å². The number of hydrogen-bond donors (Lipinski definition) is 1. The Morgan fingerprint density at radius 1 is 1.77 bits per heavy atom. The van der Waals surface area contributed by atoms with Crippen molar-refractivity contribution in [3.8, 4) is 0 Å². The smallest absolute Gasteiger partial charge is 0.380 e. The first-order valence-electron chi connectivity index (χ1n) is 4.73. The second-order valence-electron chi connectivity index (χ2n) is 3.21. The van der Waals surface area contributed by atoms with Crippen molar-refractivity contribution in [2.75, 3.05) is 13.7 Å². The van der Waals surface area contributed by atoms with Crippen molar-refractivity contribution in [2.24, 2.45) is 0 Å². The molecule has 1 saturated heterocycles. The predicted molar refractivity (Wildman–Crippen MR) is 50.4 cm³/mol. The van der Waals surface area contributed by atoms with Crippen molar-refractivity contribution in [3.63, 3.8) is 0 Å². The molecule has 1 rings (SSSR count). The van der Waals surface area contributed by atoms with E-state index in [1.54, 1.807) is 0 Å². The Morgan fingerprint density at radius 3 is 3.15 bits per heavy atom. The largest absolute Gasteiger partial charge is 0.468 e. The van der Waals surface area contributed by atoms with Gasteiger partial charge in [-0.2, -0.15) is 0 Å². The normalized spacial score (nSPS) is 22.0. The van der Waals surface area contributed by atoms with Crippen molar-refractivity contribution in [1.82, 2.24) is 5.23 Å². The van der Waals surface area contributed by atoms with Crippen LogP contribution in [-0.2, 0) is 14.2 Å². The molecule has 0 bridgehead atoms. The van der Waals surface area contributed by atoms with Gasteiger partial charge in [0.15, 0.2) is 0 Å². The third kappa shape index (κ3) is 3.01. The average Bonchev–Trinajstić information content (AvgIpc) is 2.62. The van der Waals surface area contributed by atoms with E-state index in [4.69, 9.17) is 4.65 Å². The van der Waals surface area contributed by atoms with Crippen LogP contribution in [0.25, 0.3) is 0 Å². The number of carbonyl (C=O) groups excluding carboxylic acids is 1. The molecule has 1 unspecified atom stereocenters. The summed E-state index contributed by atoms with van der Waals surface area (Å²) in [6, 6.07) is -0.271. The van der Waals surface area contributed by atoms with Gasteiger partial charge in [0.25, 0.3) is 0 Å². The van der Waals surface area contributed by atoms with Crippen molar-refractivity contribution in [2.45, 2.75) is 32.1 Å². The van der Waals surface area contributed by atoms with E-state index in [9.17, 15) is 4.79 Å². The minimum Gasteiger partial charge on any atom is -0.468 e. The first kappa shape index (κ1) is 10.5. The Morgan fingerprint density at radius 2 is 2.54 bits per heavy atom. The van der Waals surface area contributed by atoms with Gasteiger partial charge in [0.05, 0.1) is 13.7 Å². The van der Waals surface area contributed by atoms with Crippen LogP contribution in [0.2, 0.25) is 6.32 Å². The Kier molecular flexibility index (Phi) is 4.25. The third-order valence-electron chi connectivity index (χ3n) is 2.16. The molecule has 5 heteroatoms. The van der Waals surface area contributed by atoms with Gasteiger partial charge in [-0.05, 0) is 6.32 Å². The molecule has 4 nitrogen and oxygen atoms in total. The fourth-order valence-electron chi connectivity index (χ4n) is 1.37. The number of ether oxygens (including phenoxy) is 1. The molecule has 0 radical (unpaired) electrons. The minimum absolute atomic E-state index is 0.0315. The molecule has 1 aliphatic rings. The Bertz CT molecular complexity index is 177. The summed E-state index contributed by atoms with van der Waals surface area (Å²) in [6.45, 7) is 2.56. The quantitative estimate of drug-likeness (QED) is 0.509. The minimum atomic E-state index is -0.271. The van der Waals surface area contributed by atoms with E-state index < -0.39 is 0 Å². The van der Waals surface area contributed by atoms with Gasteiger partial charge in [0.1, 0.15) is 6.04 Å². The van der Waals surface area contributed by atoms with Crippen molar-refractivity contribution in [1.29, 1.82) is 0 Å². The first-order chi connectivity index (χ1) is 6.27. The summed E-state index contributed by atoms with van der Waals surface area (Å²) in [5, 5.41) is 3.08. The van der Waals surface area contributed by atoms with Gasteiger partial charge >= 0.3 is 13.0 Å². The maximum absolute atomic E-state index is 11.1. The lowest BCUT2D eigenvalue weighted by molar-refractivity contribution is -0.142. The second kappa shape index (κ2) is 5.24. The molecule has 0 aromatic carbocycles. The third-order valence-corrected chi connectivity index (χ3v) is 2.16. The topological polar surface area (TPSA) is 47.6 Å². The zero-order valence-electron chi connectivity index (χ0n) is 8.21. The number of methoxy groups -OCH3 is 1. The summed E-state index contributed by atoms with van der Waals surface area (Å²) < 4.78 is 9.98. The van der Waals surface area contributed by atoms with Crippen LogP contribution in [0.15, 0.2) is 0 Å². The van der Waals surface area contributed by atoms with Crippen LogP contribution in [0.4, 0.5) is 0 Å². The number of carbonyl (C=O) groups is 1. The summed E-state index contributed by atoms with van der Waals surface area (Å²) in [7, 11) is 1.42. The summed E-state index contributed by atoms with van der Waals surface area (Å²) in [5.41, 5.74) is 0. The van der Waals surface area contributed by atoms with E-state index in [2.05, 4.69) is 16.9 Å². The van der Waals surface area contributed by atoms with Crippen LogP contribution < -0.4 is 5.23 Å². The molecule has 0 aliphatic carbocycles. The average molecular weight is 185 g/mol. The molecule has 1 heterocycles. The van der Waals surface area contributed by atoms with Gasteiger partial charge in [0, 0.05) is 0 Å². The Labute approximate surface area is 79.1 Å². The van der Waals surface area contributed by atoms with Gasteiger partial charge in [-0.15, -0.1) is 0 Å². The highest BCUT2D eigenvalue weighted by Crippen LogP contribution is 2.08. The Hall–Kier alpha value is -0.545. The van der Waals surface area contributed by atoms with E-state index in [1.165, 1.54) is 7.11 Å². The summed E-state index contributed by atoms with van der Waals surface area (Å²) in [5.74, 6) is -0.237. The zero-order chi connectivity index (χ0) is 9.68. The first-order valence-corrected chi connectivity index (χ1v) is 4.73. The summed E-state index contributed by atoms with van der Waals surface area (Å²) in [4.78, 5) is 11.1. The highest BCUT2D eigenvalue weighted by molar-refractivity contribution is 6.50. The lowest BCUT2D eigenvalue weighted by atomic mass is 9.77. The molecule has 1 fully saturated rings. The molecular weight excluding hydrogens is 169 g/mol. The number of rotatable bonds is 4. The maximum atomic E-state index is 11.1. The monoisotopic (exact) mass is 185 g/mol. The predicted octanol–water partition coefficient (Wildman–Crippen LogP) is 0.436. The molecule has 1 aliphatic heterocycles. The molecule has 0 spiro atoms. The van der Waals surface area contributed by atoms with Gasteiger partial charge in [0.2, 0.25) is 0 Å². The lowest BCUT2D eigenvalue weighted by Gasteiger charge is -2.06. The number of hydrogen-bond acceptors (Lipinski definition) is 4.